The minimum absolute atomic E-state index is 0.0880. The van der Waals surface area contributed by atoms with E-state index in [9.17, 15) is 4.79 Å². The molecule has 3 heteroatoms. The number of rotatable bonds is 3. The lowest BCUT2D eigenvalue weighted by Gasteiger charge is -1.99. The molecule has 0 radical (unpaired) electrons. The zero-order valence-corrected chi connectivity index (χ0v) is 6.28. The Morgan fingerprint density at radius 1 is 1.64 bits per heavy atom. The summed E-state index contributed by atoms with van der Waals surface area (Å²) >= 11 is 0. The lowest BCUT2D eigenvalue weighted by molar-refractivity contribution is -0.109. The summed E-state index contributed by atoms with van der Waals surface area (Å²) in [5, 5.41) is 0. The van der Waals surface area contributed by atoms with Crippen molar-refractivity contribution in [3.8, 4) is 5.75 Å². The maximum absolute atomic E-state index is 9.90. The van der Waals surface area contributed by atoms with Gasteiger partial charge in [0.2, 0.25) is 0 Å². The Morgan fingerprint density at radius 2 is 2.45 bits per heavy atom. The molecule has 0 saturated heterocycles. The highest BCUT2D eigenvalue weighted by Crippen LogP contribution is 2.07. The SMILES string of the molecule is Cc1ccc(OCC=O)cn1. The molecule has 0 aliphatic rings. The second-order valence-electron chi connectivity index (χ2n) is 2.11. The topological polar surface area (TPSA) is 39.2 Å². The number of pyridine rings is 1. The first-order valence-corrected chi connectivity index (χ1v) is 3.32. The molecule has 0 aliphatic carbocycles. The van der Waals surface area contributed by atoms with Crippen molar-refractivity contribution in [1.29, 1.82) is 0 Å². The van der Waals surface area contributed by atoms with Crippen molar-refractivity contribution in [3.05, 3.63) is 24.0 Å². The van der Waals surface area contributed by atoms with Crippen LogP contribution in [0.15, 0.2) is 18.3 Å². The van der Waals surface area contributed by atoms with Crippen molar-refractivity contribution in [3.63, 3.8) is 0 Å². The van der Waals surface area contributed by atoms with Gasteiger partial charge in [-0.05, 0) is 19.1 Å². The standard InChI is InChI=1S/C8H9NO2/c1-7-2-3-8(6-9-7)11-5-4-10/h2-4,6H,5H2,1H3. The molecule has 0 spiro atoms. The van der Waals surface area contributed by atoms with Crippen molar-refractivity contribution in [1.82, 2.24) is 4.98 Å². The van der Waals surface area contributed by atoms with Crippen LogP contribution < -0.4 is 4.74 Å². The second kappa shape index (κ2) is 3.71. The van der Waals surface area contributed by atoms with Crippen LogP contribution in [0.3, 0.4) is 0 Å². The van der Waals surface area contributed by atoms with Gasteiger partial charge in [0, 0.05) is 5.69 Å². The molecule has 0 aromatic carbocycles. The predicted molar refractivity (Wildman–Crippen MR) is 40.5 cm³/mol. The van der Waals surface area contributed by atoms with Crippen LogP contribution in [-0.4, -0.2) is 17.9 Å². The molecule has 1 aromatic rings. The number of aldehydes is 1. The van der Waals surface area contributed by atoms with Gasteiger partial charge in [0.25, 0.3) is 0 Å². The van der Waals surface area contributed by atoms with Gasteiger partial charge >= 0.3 is 0 Å². The highest BCUT2D eigenvalue weighted by Gasteiger charge is 1.90. The van der Waals surface area contributed by atoms with Crippen LogP contribution in [0.5, 0.6) is 5.75 Å². The highest BCUT2D eigenvalue weighted by molar-refractivity contribution is 5.51. The van der Waals surface area contributed by atoms with Crippen LogP contribution in [0.1, 0.15) is 5.69 Å². The van der Waals surface area contributed by atoms with E-state index < -0.39 is 0 Å². The van der Waals surface area contributed by atoms with E-state index >= 15 is 0 Å². The molecule has 0 saturated carbocycles. The first-order chi connectivity index (χ1) is 5.33. The summed E-state index contributed by atoms with van der Waals surface area (Å²) in [5.41, 5.74) is 0.934. The third-order valence-electron chi connectivity index (χ3n) is 1.20. The van der Waals surface area contributed by atoms with Crippen molar-refractivity contribution < 1.29 is 9.53 Å². The molecule has 11 heavy (non-hydrogen) atoms. The van der Waals surface area contributed by atoms with Crippen molar-refractivity contribution in [2.24, 2.45) is 0 Å². The lowest BCUT2D eigenvalue weighted by atomic mass is 10.4. The van der Waals surface area contributed by atoms with Gasteiger partial charge in [-0.25, -0.2) is 0 Å². The van der Waals surface area contributed by atoms with Crippen molar-refractivity contribution in [2.45, 2.75) is 6.92 Å². The fraction of sp³-hybridized carbons (Fsp3) is 0.250. The Kier molecular flexibility index (Phi) is 2.60. The zero-order valence-electron chi connectivity index (χ0n) is 6.28. The molecule has 0 N–H and O–H groups in total. The molecule has 0 amide bonds. The van der Waals surface area contributed by atoms with Gasteiger partial charge in [-0.1, -0.05) is 0 Å². The minimum atomic E-state index is 0.0880. The Labute approximate surface area is 65.0 Å². The number of carbonyl (C=O) groups is 1. The van der Waals surface area contributed by atoms with E-state index in [4.69, 9.17) is 4.74 Å². The van der Waals surface area contributed by atoms with Crippen LogP contribution in [0, 0.1) is 6.92 Å². The second-order valence-corrected chi connectivity index (χ2v) is 2.11. The van der Waals surface area contributed by atoms with E-state index in [0.29, 0.717) is 12.0 Å². The number of hydrogen-bond donors (Lipinski definition) is 0. The van der Waals surface area contributed by atoms with Gasteiger partial charge in [0.15, 0.2) is 6.29 Å². The number of carbonyl (C=O) groups excluding carboxylic acids is 1. The normalized spacial score (nSPS) is 9.18. The molecule has 3 nitrogen and oxygen atoms in total. The summed E-state index contributed by atoms with van der Waals surface area (Å²) < 4.78 is 4.98. The van der Waals surface area contributed by atoms with Gasteiger partial charge in [-0.15, -0.1) is 0 Å². The zero-order chi connectivity index (χ0) is 8.10. The average Bonchev–Trinajstić information content (AvgIpc) is 2.04. The fourth-order valence-corrected chi connectivity index (χ4v) is 0.670. The van der Waals surface area contributed by atoms with Gasteiger partial charge in [-0.2, -0.15) is 0 Å². The molecule has 0 atom stereocenters. The van der Waals surface area contributed by atoms with Crippen LogP contribution >= 0.6 is 0 Å². The van der Waals surface area contributed by atoms with Gasteiger partial charge in [-0.3, -0.25) is 9.78 Å². The molecule has 0 aliphatic heterocycles. The summed E-state index contributed by atoms with van der Waals surface area (Å²) in [6, 6.07) is 3.62. The molecule has 58 valence electrons. The molecular weight excluding hydrogens is 142 g/mol. The summed E-state index contributed by atoms with van der Waals surface area (Å²) in [6.07, 6.45) is 2.30. The van der Waals surface area contributed by atoms with Crippen molar-refractivity contribution in [2.75, 3.05) is 6.61 Å². The number of aryl methyl sites for hydroxylation is 1. The lowest BCUT2D eigenvalue weighted by Crippen LogP contribution is -1.97. The van der Waals surface area contributed by atoms with E-state index in [2.05, 4.69) is 4.98 Å². The van der Waals surface area contributed by atoms with E-state index in [1.807, 2.05) is 13.0 Å². The van der Waals surface area contributed by atoms with E-state index in [1.165, 1.54) is 0 Å². The largest absolute Gasteiger partial charge is 0.485 e. The molecule has 0 unspecified atom stereocenters. The molecule has 0 fully saturated rings. The van der Waals surface area contributed by atoms with E-state index in [1.54, 1.807) is 12.3 Å². The quantitative estimate of drug-likeness (QED) is 0.604. The Balaban J connectivity index is 2.58. The van der Waals surface area contributed by atoms with Crippen LogP contribution in [0.25, 0.3) is 0 Å². The molecule has 1 aromatic heterocycles. The molecule has 1 heterocycles. The summed E-state index contributed by atoms with van der Waals surface area (Å²) in [7, 11) is 0. The van der Waals surface area contributed by atoms with Crippen LogP contribution in [0.4, 0.5) is 0 Å². The maximum Gasteiger partial charge on any atom is 0.157 e. The molecular formula is C8H9NO2. The molecule has 1 rings (SSSR count). The van der Waals surface area contributed by atoms with E-state index in [0.717, 1.165) is 5.69 Å². The van der Waals surface area contributed by atoms with Crippen LogP contribution in [-0.2, 0) is 4.79 Å². The van der Waals surface area contributed by atoms with Crippen molar-refractivity contribution >= 4 is 6.29 Å². The number of aromatic nitrogens is 1. The first kappa shape index (κ1) is 7.72. The minimum Gasteiger partial charge on any atom is -0.485 e. The van der Waals surface area contributed by atoms with Gasteiger partial charge in [0.1, 0.15) is 12.4 Å². The monoisotopic (exact) mass is 151 g/mol. The smallest absolute Gasteiger partial charge is 0.157 e. The van der Waals surface area contributed by atoms with Gasteiger partial charge in [0.05, 0.1) is 6.20 Å². The summed E-state index contributed by atoms with van der Waals surface area (Å²) in [4.78, 5) is 13.9. The fourth-order valence-electron chi connectivity index (χ4n) is 0.670. The number of nitrogens with zero attached hydrogens (tertiary/aromatic N) is 1. The summed E-state index contributed by atoms with van der Waals surface area (Å²) in [6.45, 7) is 1.98. The Hall–Kier alpha value is -1.38. The third-order valence-corrected chi connectivity index (χ3v) is 1.20. The Morgan fingerprint density at radius 3 is 3.00 bits per heavy atom. The summed E-state index contributed by atoms with van der Waals surface area (Å²) in [5.74, 6) is 0.628. The predicted octanol–water partition coefficient (Wildman–Crippen LogP) is 0.968. The highest BCUT2D eigenvalue weighted by atomic mass is 16.5. The maximum atomic E-state index is 9.90. The third kappa shape index (κ3) is 2.37. The number of ether oxygens (including phenoxy) is 1. The Bertz CT molecular complexity index is 230. The number of hydrogen-bond acceptors (Lipinski definition) is 3. The van der Waals surface area contributed by atoms with Crippen LogP contribution in [0.2, 0.25) is 0 Å². The van der Waals surface area contributed by atoms with Gasteiger partial charge < -0.3 is 4.74 Å². The van der Waals surface area contributed by atoms with E-state index in [-0.39, 0.29) is 6.61 Å². The molecule has 0 bridgehead atoms. The first-order valence-electron chi connectivity index (χ1n) is 3.32. The average molecular weight is 151 g/mol.